The first-order valence-electron chi connectivity index (χ1n) is 4.95. The molecule has 0 spiro atoms. The van der Waals surface area contributed by atoms with Crippen molar-refractivity contribution in [3.8, 4) is 6.07 Å². The third-order valence-electron chi connectivity index (χ3n) is 2.44. The molecule has 1 atom stereocenters. The molecule has 1 aromatic rings. The molecule has 2 aliphatic rings. The molecule has 0 saturated carbocycles. The van der Waals surface area contributed by atoms with Gasteiger partial charge in [0.25, 0.3) is 0 Å². The molecule has 0 radical (unpaired) electrons. The molecule has 0 amide bonds. The zero-order valence-corrected chi connectivity index (χ0v) is 10.3. The van der Waals surface area contributed by atoms with Crippen LogP contribution >= 0.6 is 20.6 Å². The third kappa shape index (κ3) is 1.66. The van der Waals surface area contributed by atoms with E-state index in [-0.39, 0.29) is 0 Å². The largest absolute Gasteiger partial charge is 0.422 e. The fraction of sp³-hybridized carbons (Fsp3) is 0. The van der Waals surface area contributed by atoms with Crippen LogP contribution in [0.1, 0.15) is 5.56 Å². The Morgan fingerprint density at radius 2 is 2.06 bits per heavy atom. The predicted octanol–water partition coefficient (Wildman–Crippen LogP) is 2.77. The highest BCUT2D eigenvalue weighted by Crippen LogP contribution is 2.52. The molecular weight excluding hydrogens is 252 g/mol. The lowest BCUT2D eigenvalue weighted by molar-refractivity contribution is 0.615. The van der Waals surface area contributed by atoms with Crippen molar-refractivity contribution in [2.24, 2.45) is 5.73 Å². The minimum Gasteiger partial charge on any atom is -0.422 e. The molecule has 0 aromatic heterocycles. The van der Waals surface area contributed by atoms with E-state index in [1.165, 1.54) is 10.8 Å². The molecule has 0 bridgehead atoms. The number of benzene rings is 1. The van der Waals surface area contributed by atoms with Crippen molar-refractivity contribution in [1.29, 1.82) is 5.26 Å². The Bertz CT molecular complexity index is 624. The first-order valence-corrected chi connectivity index (χ1v) is 7.43. The van der Waals surface area contributed by atoms with Crippen LogP contribution in [0, 0.1) is 11.3 Å². The summed E-state index contributed by atoms with van der Waals surface area (Å²) in [6.07, 6.45) is 1.92. The van der Waals surface area contributed by atoms with Gasteiger partial charge >= 0.3 is 0 Å². The normalized spacial score (nSPS) is 21.9. The number of rotatable bonds is 1. The third-order valence-corrected chi connectivity index (χ3v) is 5.72. The monoisotopic (exact) mass is 260 g/mol. The maximum atomic E-state index is 9.04. The summed E-state index contributed by atoms with van der Waals surface area (Å²) in [5, 5.41) is 9.60. The fourth-order valence-electron chi connectivity index (χ4n) is 1.62. The second-order valence-electron chi connectivity index (χ2n) is 3.49. The highest BCUT2D eigenvalue weighted by molar-refractivity contribution is 8.84. The van der Waals surface area contributed by atoms with Crippen LogP contribution in [0.5, 0.6) is 0 Å². The van der Waals surface area contributed by atoms with Crippen molar-refractivity contribution in [3.05, 3.63) is 52.6 Å². The number of nitriles is 1. The average molecular weight is 260 g/mol. The van der Waals surface area contributed by atoms with Crippen LogP contribution in [-0.2, 0) is 4.18 Å². The van der Waals surface area contributed by atoms with Gasteiger partial charge in [0.15, 0.2) is 0 Å². The summed E-state index contributed by atoms with van der Waals surface area (Å²) in [6.45, 7) is 0. The van der Waals surface area contributed by atoms with Crippen LogP contribution in [0.15, 0.2) is 47.0 Å². The molecular formula is C12H8N2OS2. The van der Waals surface area contributed by atoms with E-state index in [9.17, 15) is 0 Å². The Morgan fingerprint density at radius 3 is 2.76 bits per heavy atom. The van der Waals surface area contributed by atoms with Crippen molar-refractivity contribution < 1.29 is 4.18 Å². The van der Waals surface area contributed by atoms with E-state index in [2.05, 4.69) is 6.07 Å². The van der Waals surface area contributed by atoms with Crippen LogP contribution in [0.25, 0.3) is 5.76 Å². The van der Waals surface area contributed by atoms with Crippen molar-refractivity contribution in [2.45, 2.75) is 0 Å². The van der Waals surface area contributed by atoms with Crippen molar-refractivity contribution in [2.75, 3.05) is 0 Å². The van der Waals surface area contributed by atoms with E-state index < -0.39 is 9.80 Å². The summed E-state index contributed by atoms with van der Waals surface area (Å²) < 4.78 is 5.82. The maximum Gasteiger partial charge on any atom is 0.146 e. The van der Waals surface area contributed by atoms with E-state index in [1.807, 2.05) is 36.4 Å². The van der Waals surface area contributed by atoms with E-state index in [0.29, 0.717) is 10.6 Å². The Labute approximate surface area is 105 Å². The number of nitrogens with two attached hydrogens (primary N) is 1. The predicted molar refractivity (Wildman–Crippen MR) is 72.5 cm³/mol. The summed E-state index contributed by atoms with van der Waals surface area (Å²) >= 11 is 0. The van der Waals surface area contributed by atoms with E-state index >= 15 is 0 Å². The Kier molecular flexibility index (Phi) is 2.46. The second kappa shape index (κ2) is 3.99. The first-order chi connectivity index (χ1) is 8.29. The van der Waals surface area contributed by atoms with Crippen molar-refractivity contribution in [1.82, 2.24) is 0 Å². The SMILES string of the molecule is N#CC1=C(N)SS2=C1C=C(c1ccccc1)O2. The van der Waals surface area contributed by atoms with Crippen LogP contribution in [-0.4, -0.2) is 4.86 Å². The quantitative estimate of drug-likeness (QED) is 0.623. The van der Waals surface area contributed by atoms with Crippen LogP contribution in [0.3, 0.4) is 0 Å². The minimum absolute atomic E-state index is 0.439. The maximum absolute atomic E-state index is 9.04. The molecule has 2 aliphatic heterocycles. The van der Waals surface area contributed by atoms with Gasteiger partial charge in [0.2, 0.25) is 0 Å². The Morgan fingerprint density at radius 1 is 1.29 bits per heavy atom. The highest BCUT2D eigenvalue weighted by Gasteiger charge is 2.29. The molecule has 3 nitrogen and oxygen atoms in total. The summed E-state index contributed by atoms with van der Waals surface area (Å²) in [6, 6.07) is 12.0. The molecule has 5 heteroatoms. The topological polar surface area (TPSA) is 59.0 Å². The standard InChI is InChI=1S/C12H8N2OS2/c13-7-9-11-6-10(8-4-2-1-3-5-8)15-17(11)16-12(9)14/h1-6H,14H2. The van der Waals surface area contributed by atoms with Gasteiger partial charge in [-0.2, -0.15) is 5.26 Å². The Balaban J connectivity index is 1.98. The van der Waals surface area contributed by atoms with Crippen LogP contribution in [0.2, 0.25) is 0 Å². The molecule has 3 rings (SSSR count). The number of allylic oxidation sites excluding steroid dienone is 2. The van der Waals surface area contributed by atoms with Crippen LogP contribution < -0.4 is 5.73 Å². The smallest absolute Gasteiger partial charge is 0.146 e. The Hall–Kier alpha value is -1.64. The number of hydrogen-bond donors (Lipinski definition) is 1. The molecule has 2 heterocycles. The number of hydrogen-bond acceptors (Lipinski definition) is 4. The van der Waals surface area contributed by atoms with Gasteiger partial charge in [-0.05, 0) is 10.8 Å². The van der Waals surface area contributed by atoms with Gasteiger partial charge in [-0.1, -0.05) is 30.3 Å². The van der Waals surface area contributed by atoms with E-state index in [4.69, 9.17) is 15.2 Å². The zero-order valence-electron chi connectivity index (χ0n) is 8.71. The molecule has 0 aliphatic carbocycles. The number of nitrogens with zero attached hydrogens (tertiary/aromatic N) is 1. The molecule has 17 heavy (non-hydrogen) atoms. The van der Waals surface area contributed by atoms with E-state index in [1.54, 1.807) is 0 Å². The molecule has 2 N–H and O–H groups in total. The van der Waals surface area contributed by atoms with Crippen LogP contribution in [0.4, 0.5) is 0 Å². The molecule has 84 valence electrons. The molecule has 1 aromatic carbocycles. The lowest BCUT2D eigenvalue weighted by Gasteiger charge is -2.06. The molecule has 0 saturated heterocycles. The minimum atomic E-state index is -0.439. The van der Waals surface area contributed by atoms with Gasteiger partial charge in [-0.3, -0.25) is 0 Å². The summed E-state index contributed by atoms with van der Waals surface area (Å²) in [5.74, 6) is 0.816. The van der Waals surface area contributed by atoms with Gasteiger partial charge in [0.05, 0.1) is 25.3 Å². The summed E-state index contributed by atoms with van der Waals surface area (Å²) in [5.41, 5.74) is 7.35. The lowest BCUT2D eigenvalue weighted by atomic mass is 10.1. The van der Waals surface area contributed by atoms with Gasteiger partial charge < -0.3 is 9.92 Å². The van der Waals surface area contributed by atoms with Gasteiger partial charge in [0.1, 0.15) is 11.8 Å². The molecule has 0 fully saturated rings. The van der Waals surface area contributed by atoms with Gasteiger partial charge in [0, 0.05) is 11.6 Å². The first kappa shape index (κ1) is 10.5. The van der Waals surface area contributed by atoms with Crippen molar-refractivity contribution in [3.63, 3.8) is 0 Å². The average Bonchev–Trinajstić information content (AvgIpc) is 2.86. The highest BCUT2D eigenvalue weighted by atomic mass is 33.1. The summed E-state index contributed by atoms with van der Waals surface area (Å²) in [4.78, 5) is 0.911. The van der Waals surface area contributed by atoms with Gasteiger partial charge in [-0.15, -0.1) is 0 Å². The second-order valence-corrected chi connectivity index (χ2v) is 6.58. The summed E-state index contributed by atoms with van der Waals surface area (Å²) in [7, 11) is 0.979. The van der Waals surface area contributed by atoms with Gasteiger partial charge in [-0.25, -0.2) is 0 Å². The lowest BCUT2D eigenvalue weighted by Crippen LogP contribution is -1.99. The van der Waals surface area contributed by atoms with Crippen molar-refractivity contribution >= 4 is 31.2 Å². The molecule has 1 unspecified atom stereocenters. The zero-order chi connectivity index (χ0) is 11.8. The fourth-order valence-corrected chi connectivity index (χ4v) is 4.86. The van der Waals surface area contributed by atoms with E-state index in [0.717, 1.165) is 16.2 Å².